The molecule has 0 radical (unpaired) electrons. The molecule has 1 aromatic carbocycles. The molecule has 0 bridgehead atoms. The molecule has 0 aliphatic heterocycles. The van der Waals surface area contributed by atoms with Gasteiger partial charge in [-0.15, -0.1) is 0 Å². The van der Waals surface area contributed by atoms with E-state index in [0.29, 0.717) is 0 Å². The van der Waals surface area contributed by atoms with Gasteiger partial charge in [0.15, 0.2) is 0 Å². The second-order valence-electron chi connectivity index (χ2n) is 5.05. The summed E-state index contributed by atoms with van der Waals surface area (Å²) in [5.74, 6) is -1.87. The van der Waals surface area contributed by atoms with Crippen LogP contribution in [-0.2, 0) is 19.2 Å². The number of carboxylic acid groups (broad SMARTS) is 2. The van der Waals surface area contributed by atoms with E-state index >= 15 is 0 Å². The zero-order valence-electron chi connectivity index (χ0n) is 17.7. The number of carbonyl (C=O) groups is 2. The zero-order valence-corrected chi connectivity index (χ0v) is 17.7. The summed E-state index contributed by atoms with van der Waals surface area (Å²) < 4.78 is 0. The van der Waals surface area contributed by atoms with Crippen molar-refractivity contribution in [3.05, 3.63) is 60.2 Å². The second-order valence-corrected chi connectivity index (χ2v) is 5.05. The number of hydrogen-bond acceptors (Lipinski definition) is 9. The highest BCUT2D eigenvalue weighted by Gasteiger charge is 1.93. The summed E-state index contributed by atoms with van der Waals surface area (Å²) in [5.41, 5.74) is 1.67. The van der Waals surface area contributed by atoms with E-state index in [-0.39, 0.29) is 24.4 Å². The summed E-state index contributed by atoms with van der Waals surface area (Å²) in [6.45, 7) is 10.6. The summed E-state index contributed by atoms with van der Waals surface area (Å²) in [6.07, 6.45) is 0.546. The fourth-order valence-electron chi connectivity index (χ4n) is 0.592. The van der Waals surface area contributed by atoms with Crippen molar-refractivity contribution in [2.75, 3.05) is 13.2 Å². The Kier molecular flexibility index (Phi) is 37.9. The summed E-state index contributed by atoms with van der Waals surface area (Å²) >= 11 is 0. The standard InChI is InChI=1S/C7H8.2C4H6O2.C3H8O3.2CHNO/c1-7-5-3-2-4-6-7;2*1-3(2)4(5)6;4-1-3(6)2-5;2*2-1-3/h2-6H,1H3;2*1H2,2H3,(H,5,6);3-6H,1-2H2;2*2H. The number of isocyanates is 2. The molecule has 7 N–H and O–H groups in total. The van der Waals surface area contributed by atoms with Gasteiger partial charge >= 0.3 is 11.9 Å². The van der Waals surface area contributed by atoms with Gasteiger partial charge < -0.3 is 25.5 Å². The van der Waals surface area contributed by atoms with E-state index < -0.39 is 18.0 Å². The molecule has 0 atom stereocenters. The lowest BCUT2D eigenvalue weighted by molar-refractivity contribution is -0.133. The van der Waals surface area contributed by atoms with Crippen molar-refractivity contribution in [2.45, 2.75) is 26.9 Å². The molecule has 0 spiro atoms. The Bertz CT molecular complexity index is 613. The smallest absolute Gasteiger partial charge is 0.330 e. The Labute approximate surface area is 180 Å². The molecule has 0 aromatic heterocycles. The first-order valence-electron chi connectivity index (χ1n) is 8.09. The Morgan fingerprint density at radius 1 is 0.903 bits per heavy atom. The Hall–Kier alpha value is -3.72. The van der Waals surface area contributed by atoms with Gasteiger partial charge in [-0.2, -0.15) is 0 Å². The molecule has 0 aliphatic rings. The number of aliphatic carboxylic acids is 2. The topological polar surface area (TPSA) is 217 Å². The van der Waals surface area contributed by atoms with Crippen molar-refractivity contribution < 1.29 is 44.7 Å². The van der Waals surface area contributed by atoms with Crippen LogP contribution in [0.2, 0.25) is 0 Å². The van der Waals surface area contributed by atoms with Gasteiger partial charge in [0.25, 0.3) is 0 Å². The van der Waals surface area contributed by atoms with Crippen LogP contribution < -0.4 is 0 Å². The first-order chi connectivity index (χ1) is 14.3. The average molecular weight is 442 g/mol. The summed E-state index contributed by atoms with van der Waals surface area (Å²) in [5, 5.41) is 50.6. The second kappa shape index (κ2) is 31.0. The van der Waals surface area contributed by atoms with E-state index in [1.165, 1.54) is 19.4 Å². The van der Waals surface area contributed by atoms with Gasteiger partial charge in [-0.25, -0.2) is 30.0 Å². The van der Waals surface area contributed by atoms with Crippen LogP contribution in [0, 0.1) is 17.7 Å². The lowest BCUT2D eigenvalue weighted by Crippen LogP contribution is -2.15. The van der Waals surface area contributed by atoms with E-state index in [4.69, 9.17) is 45.9 Å². The van der Waals surface area contributed by atoms with Crippen molar-refractivity contribution in [3.8, 4) is 0 Å². The molecule has 31 heavy (non-hydrogen) atoms. The van der Waals surface area contributed by atoms with Gasteiger partial charge in [0.05, 0.1) is 13.2 Å². The minimum atomic E-state index is -0.954. The summed E-state index contributed by atoms with van der Waals surface area (Å²) in [7, 11) is 0. The molecule has 11 heteroatoms. The van der Waals surface area contributed by atoms with Gasteiger partial charge in [0.1, 0.15) is 6.10 Å². The van der Waals surface area contributed by atoms with Gasteiger partial charge in [0, 0.05) is 11.1 Å². The maximum absolute atomic E-state index is 9.60. The van der Waals surface area contributed by atoms with Crippen molar-refractivity contribution in [1.29, 1.82) is 10.8 Å². The predicted octanol–water partition coefficient (Wildman–Crippen LogP) is 1.42. The largest absolute Gasteiger partial charge is 0.478 e. The zero-order chi connectivity index (χ0) is 25.8. The van der Waals surface area contributed by atoms with Crippen LogP contribution in [0.3, 0.4) is 0 Å². The van der Waals surface area contributed by atoms with E-state index in [2.05, 4.69) is 32.2 Å². The number of rotatable bonds is 4. The molecule has 0 saturated carbocycles. The number of carbonyl (C=O) groups excluding carboxylic acids is 2. The third-order valence-corrected chi connectivity index (χ3v) is 2.09. The summed E-state index contributed by atoms with van der Waals surface area (Å²) in [4.78, 5) is 35.9. The maximum atomic E-state index is 9.60. The molecule has 0 aliphatic carbocycles. The predicted molar refractivity (Wildman–Crippen MR) is 113 cm³/mol. The number of aliphatic hydroxyl groups is 3. The van der Waals surface area contributed by atoms with Gasteiger partial charge in [0.2, 0.25) is 12.2 Å². The molecule has 1 aromatic rings. The number of carboxylic acids is 2. The molecule has 1 rings (SSSR count). The van der Waals surface area contributed by atoms with Crippen LogP contribution in [0.4, 0.5) is 0 Å². The first-order valence-corrected chi connectivity index (χ1v) is 8.09. The van der Waals surface area contributed by atoms with Crippen LogP contribution in [-0.4, -0.2) is 68.9 Å². The van der Waals surface area contributed by atoms with Crippen LogP contribution in [0.1, 0.15) is 19.4 Å². The van der Waals surface area contributed by atoms with Crippen LogP contribution >= 0.6 is 0 Å². The Balaban J connectivity index is -0.0000000897. The molecular formula is C20H30N2O9. The molecule has 0 heterocycles. The third kappa shape index (κ3) is 58.5. The number of nitrogens with one attached hydrogen (secondary N) is 2. The van der Waals surface area contributed by atoms with Crippen LogP contribution in [0.15, 0.2) is 54.6 Å². The molecule has 0 fully saturated rings. The van der Waals surface area contributed by atoms with Crippen molar-refractivity contribution in [3.63, 3.8) is 0 Å². The monoisotopic (exact) mass is 442 g/mol. The average Bonchev–Trinajstić information content (AvgIpc) is 2.70. The van der Waals surface area contributed by atoms with Gasteiger partial charge in [-0.3, -0.25) is 0 Å². The lowest BCUT2D eigenvalue weighted by atomic mass is 10.2. The number of hydrogen-bond donors (Lipinski definition) is 7. The lowest BCUT2D eigenvalue weighted by Gasteiger charge is -1.96. The molecular weight excluding hydrogens is 412 g/mol. The normalized spacial score (nSPS) is 7.32. The Morgan fingerprint density at radius 2 is 1.13 bits per heavy atom. The van der Waals surface area contributed by atoms with E-state index in [0.717, 1.165) is 12.2 Å². The molecule has 0 saturated heterocycles. The van der Waals surface area contributed by atoms with E-state index in [9.17, 15) is 9.59 Å². The van der Waals surface area contributed by atoms with E-state index in [1.54, 1.807) is 0 Å². The fourth-order valence-corrected chi connectivity index (χ4v) is 0.592. The minimum absolute atomic E-state index is 0.176. The maximum Gasteiger partial charge on any atom is 0.330 e. The fraction of sp³-hybridized carbons (Fsp3) is 0.300. The Morgan fingerprint density at radius 3 is 1.19 bits per heavy atom. The summed E-state index contributed by atoms with van der Waals surface area (Å²) in [6, 6.07) is 10.3. The minimum Gasteiger partial charge on any atom is -0.478 e. The molecule has 0 unspecified atom stereocenters. The van der Waals surface area contributed by atoms with E-state index in [1.807, 2.05) is 18.2 Å². The first kappa shape index (κ1) is 38.0. The highest BCUT2D eigenvalue weighted by atomic mass is 16.4. The van der Waals surface area contributed by atoms with Gasteiger partial charge in [-0.1, -0.05) is 49.1 Å². The molecule has 0 amide bonds. The van der Waals surface area contributed by atoms with Gasteiger partial charge in [-0.05, 0) is 20.8 Å². The van der Waals surface area contributed by atoms with Crippen LogP contribution in [0.5, 0.6) is 0 Å². The van der Waals surface area contributed by atoms with Crippen molar-refractivity contribution in [1.82, 2.24) is 0 Å². The SMILES string of the molecule is C=C(C)C(=O)O.C=C(C)C(=O)O.Cc1ccccc1.N=C=O.N=C=O.OCC(O)CO. The molecule has 11 nitrogen and oxygen atoms in total. The molecule has 174 valence electrons. The third-order valence-electron chi connectivity index (χ3n) is 2.09. The highest BCUT2D eigenvalue weighted by Crippen LogP contribution is 1.92. The van der Waals surface area contributed by atoms with Crippen molar-refractivity contribution in [2.24, 2.45) is 0 Å². The number of aryl methyl sites for hydroxylation is 1. The number of aliphatic hydroxyl groups excluding tert-OH is 3. The quantitative estimate of drug-likeness (QED) is 0.203. The highest BCUT2D eigenvalue weighted by molar-refractivity contribution is 5.85. The van der Waals surface area contributed by atoms with Crippen molar-refractivity contribution >= 4 is 24.1 Å². The number of benzene rings is 1. The van der Waals surface area contributed by atoms with Crippen LogP contribution in [0.25, 0.3) is 0 Å².